The van der Waals surface area contributed by atoms with Crippen molar-refractivity contribution < 1.29 is 14.7 Å². The number of carboxylic acid groups (broad SMARTS) is 1. The normalized spacial score (nSPS) is 18.7. The van der Waals surface area contributed by atoms with Crippen molar-refractivity contribution in [3.63, 3.8) is 0 Å². The fourth-order valence-corrected chi connectivity index (χ4v) is 5.73. The first-order valence-electron chi connectivity index (χ1n) is 12.3. The second-order valence-electron chi connectivity index (χ2n) is 9.82. The summed E-state index contributed by atoms with van der Waals surface area (Å²) in [6.07, 6.45) is 7.12. The van der Waals surface area contributed by atoms with Gasteiger partial charge >= 0.3 is 5.97 Å². The van der Waals surface area contributed by atoms with Gasteiger partial charge in [-0.1, -0.05) is 23.2 Å². The number of amides is 1. The maximum Gasteiger partial charge on any atom is 0.306 e. The quantitative estimate of drug-likeness (QED) is 0.284. The summed E-state index contributed by atoms with van der Waals surface area (Å²) >= 11 is 12.2. The van der Waals surface area contributed by atoms with E-state index in [0.29, 0.717) is 35.2 Å². The van der Waals surface area contributed by atoms with E-state index in [9.17, 15) is 9.59 Å². The lowest BCUT2D eigenvalue weighted by molar-refractivity contribution is -0.142. The van der Waals surface area contributed by atoms with Gasteiger partial charge in [0.15, 0.2) is 0 Å². The van der Waals surface area contributed by atoms with Crippen molar-refractivity contribution in [2.45, 2.75) is 58.4 Å². The number of aryl methyl sites for hydroxylation is 2. The van der Waals surface area contributed by atoms with Crippen LogP contribution in [0.2, 0.25) is 10.3 Å². The molecule has 10 nitrogen and oxygen atoms in total. The Kier molecular flexibility index (Phi) is 7.04. The number of aromatic nitrogens is 6. The van der Waals surface area contributed by atoms with Gasteiger partial charge in [-0.15, -0.1) is 0 Å². The third-order valence-electron chi connectivity index (χ3n) is 7.01. The summed E-state index contributed by atoms with van der Waals surface area (Å²) in [7, 11) is 0. The zero-order valence-electron chi connectivity index (χ0n) is 20.4. The highest BCUT2D eigenvalue weighted by Gasteiger charge is 2.30. The standard InChI is InChI=1S/C14H17ClN4O.C11H10ClN3O2/c1-7(2)18-14(20)8-3-4-10-9(5-8)11-12(15)16-6-17-13(11)19-10;12-9-8-6-3-5(11(16)17)1-2-7(6)15-10(8)14-4-13-9/h6-8H,3-5H2,1-2H3,(H,18,20)(H,16,17,19);4-5H,1-3H2,(H,16,17)(H,13,14,15). The number of H-pyrrole nitrogens is 2. The van der Waals surface area contributed by atoms with Crippen LogP contribution in [0.25, 0.3) is 22.1 Å². The summed E-state index contributed by atoms with van der Waals surface area (Å²) in [4.78, 5) is 46.0. The number of carbonyl (C=O) groups excluding carboxylic acids is 1. The van der Waals surface area contributed by atoms with Crippen molar-refractivity contribution in [1.29, 1.82) is 0 Å². The van der Waals surface area contributed by atoms with Crippen LogP contribution in [0, 0.1) is 11.8 Å². The topological polar surface area (TPSA) is 150 Å². The monoisotopic (exact) mass is 543 g/mol. The summed E-state index contributed by atoms with van der Waals surface area (Å²) in [5.74, 6) is -0.969. The first-order valence-corrected chi connectivity index (χ1v) is 13.0. The van der Waals surface area contributed by atoms with Crippen LogP contribution in [0.4, 0.5) is 0 Å². The van der Waals surface area contributed by atoms with E-state index < -0.39 is 5.97 Å². The SMILES string of the molecule is CC(C)NC(=O)C1CCc2[nH]c3ncnc(Cl)c3c2C1.O=C(O)C1CCc2[nH]c3ncnc(Cl)c3c2C1. The van der Waals surface area contributed by atoms with E-state index in [2.05, 4.69) is 35.2 Å². The van der Waals surface area contributed by atoms with Gasteiger partial charge < -0.3 is 20.4 Å². The molecule has 0 aromatic carbocycles. The number of carboxylic acids is 1. The van der Waals surface area contributed by atoms with Crippen LogP contribution in [0.3, 0.4) is 0 Å². The zero-order valence-corrected chi connectivity index (χ0v) is 21.9. The van der Waals surface area contributed by atoms with Crippen molar-refractivity contribution in [2.75, 3.05) is 0 Å². The van der Waals surface area contributed by atoms with Gasteiger partial charge in [-0.3, -0.25) is 9.59 Å². The number of hydrogen-bond acceptors (Lipinski definition) is 6. The molecule has 2 aliphatic rings. The van der Waals surface area contributed by atoms with E-state index in [4.69, 9.17) is 28.3 Å². The Morgan fingerprint density at radius 1 is 0.892 bits per heavy atom. The van der Waals surface area contributed by atoms with Gasteiger partial charge in [-0.25, -0.2) is 19.9 Å². The average Bonchev–Trinajstić information content (AvgIpc) is 3.42. The Hall–Kier alpha value is -3.24. The van der Waals surface area contributed by atoms with Gasteiger partial charge in [0.1, 0.15) is 34.3 Å². The van der Waals surface area contributed by atoms with Crippen LogP contribution in [0.5, 0.6) is 0 Å². The van der Waals surface area contributed by atoms with E-state index >= 15 is 0 Å². The number of carbonyl (C=O) groups is 2. The second kappa shape index (κ2) is 10.3. The number of halogens is 2. The molecule has 6 rings (SSSR count). The van der Waals surface area contributed by atoms with Crippen molar-refractivity contribution in [3.05, 3.63) is 45.5 Å². The smallest absolute Gasteiger partial charge is 0.306 e. The maximum atomic E-state index is 12.2. The van der Waals surface area contributed by atoms with Gasteiger partial charge in [0, 0.05) is 23.3 Å². The molecule has 2 atom stereocenters. The lowest BCUT2D eigenvalue weighted by atomic mass is 9.86. The summed E-state index contributed by atoms with van der Waals surface area (Å²) in [6.45, 7) is 3.95. The van der Waals surface area contributed by atoms with Crippen molar-refractivity contribution in [1.82, 2.24) is 35.2 Å². The number of nitrogens with one attached hydrogen (secondary N) is 3. The van der Waals surface area contributed by atoms with Gasteiger partial charge in [-0.2, -0.15) is 0 Å². The molecule has 4 N–H and O–H groups in total. The summed E-state index contributed by atoms with van der Waals surface area (Å²) in [5.41, 5.74) is 5.70. The van der Waals surface area contributed by atoms with E-state index in [1.807, 2.05) is 13.8 Å². The Morgan fingerprint density at radius 3 is 1.86 bits per heavy atom. The highest BCUT2D eigenvalue weighted by Crippen LogP contribution is 2.35. The van der Waals surface area contributed by atoms with Crippen LogP contribution in [-0.2, 0) is 35.3 Å². The van der Waals surface area contributed by atoms with Crippen LogP contribution < -0.4 is 5.32 Å². The molecule has 194 valence electrons. The third-order valence-corrected chi connectivity index (χ3v) is 7.58. The van der Waals surface area contributed by atoms with Crippen molar-refractivity contribution >= 4 is 57.1 Å². The molecule has 0 saturated heterocycles. The van der Waals surface area contributed by atoms with E-state index in [-0.39, 0.29) is 23.8 Å². The fraction of sp³-hybridized carbons (Fsp3) is 0.440. The zero-order chi connectivity index (χ0) is 26.3. The molecule has 0 aliphatic heterocycles. The van der Waals surface area contributed by atoms with E-state index in [1.165, 1.54) is 12.7 Å². The minimum Gasteiger partial charge on any atom is -0.481 e. The molecule has 2 unspecified atom stereocenters. The molecule has 4 heterocycles. The second-order valence-corrected chi connectivity index (χ2v) is 10.5. The first-order chi connectivity index (χ1) is 17.7. The summed E-state index contributed by atoms with van der Waals surface area (Å²) < 4.78 is 0. The number of rotatable bonds is 3. The molecule has 0 saturated carbocycles. The Bertz CT molecular complexity index is 1500. The third kappa shape index (κ3) is 5.00. The van der Waals surface area contributed by atoms with Crippen molar-refractivity contribution in [2.24, 2.45) is 11.8 Å². The van der Waals surface area contributed by atoms with Gasteiger partial charge in [0.2, 0.25) is 5.91 Å². The predicted octanol–water partition coefficient (Wildman–Crippen LogP) is 4.04. The van der Waals surface area contributed by atoms with Gasteiger partial charge in [0.25, 0.3) is 0 Å². The molecule has 0 radical (unpaired) electrons. The number of nitrogens with zero attached hydrogens (tertiary/aromatic N) is 4. The van der Waals surface area contributed by atoms with Crippen LogP contribution in [-0.4, -0.2) is 52.9 Å². The maximum absolute atomic E-state index is 12.2. The highest BCUT2D eigenvalue weighted by molar-refractivity contribution is 6.34. The van der Waals surface area contributed by atoms with E-state index in [0.717, 1.165) is 58.2 Å². The molecular weight excluding hydrogens is 517 g/mol. The first kappa shape index (κ1) is 25.4. The molecule has 2 aliphatic carbocycles. The fourth-order valence-electron chi connectivity index (χ4n) is 5.24. The predicted molar refractivity (Wildman–Crippen MR) is 140 cm³/mol. The molecule has 0 bridgehead atoms. The van der Waals surface area contributed by atoms with Crippen molar-refractivity contribution in [3.8, 4) is 0 Å². The minimum atomic E-state index is -0.752. The van der Waals surface area contributed by atoms with E-state index in [1.54, 1.807) is 0 Å². The lowest BCUT2D eigenvalue weighted by Crippen LogP contribution is -2.37. The largest absolute Gasteiger partial charge is 0.481 e. The molecule has 0 fully saturated rings. The number of fused-ring (bicyclic) bond motifs is 6. The molecule has 1 amide bonds. The van der Waals surface area contributed by atoms with Crippen LogP contribution in [0.15, 0.2) is 12.7 Å². The number of aliphatic carboxylic acids is 1. The molecule has 4 aromatic rings. The Morgan fingerprint density at radius 2 is 1.38 bits per heavy atom. The summed E-state index contributed by atoms with van der Waals surface area (Å²) in [6, 6.07) is 0.166. The van der Waals surface area contributed by atoms with Crippen LogP contribution in [0.1, 0.15) is 49.2 Å². The highest BCUT2D eigenvalue weighted by atomic mass is 35.5. The lowest BCUT2D eigenvalue weighted by Gasteiger charge is -2.22. The molecular formula is C25H27Cl2N7O3. The molecule has 0 spiro atoms. The van der Waals surface area contributed by atoms with Crippen LogP contribution >= 0.6 is 23.2 Å². The van der Waals surface area contributed by atoms with Gasteiger partial charge in [0.05, 0.1) is 16.7 Å². The summed E-state index contributed by atoms with van der Waals surface area (Å²) in [5, 5.41) is 14.5. The molecule has 4 aromatic heterocycles. The van der Waals surface area contributed by atoms with Gasteiger partial charge in [-0.05, 0) is 63.5 Å². The Labute approximate surface area is 222 Å². The molecule has 37 heavy (non-hydrogen) atoms. The average molecular weight is 544 g/mol. The molecule has 12 heteroatoms. The number of aromatic amines is 2. The Balaban J connectivity index is 0.000000153. The minimum absolute atomic E-state index is 0.000160. The number of hydrogen-bond donors (Lipinski definition) is 4.